The van der Waals surface area contributed by atoms with Crippen molar-refractivity contribution in [2.24, 2.45) is 0 Å². The molecule has 0 aromatic rings. The molecule has 0 rings (SSSR count). The van der Waals surface area contributed by atoms with E-state index in [-0.39, 0.29) is 0 Å². The van der Waals surface area contributed by atoms with Crippen LogP contribution in [0.5, 0.6) is 0 Å². The molecule has 0 amide bonds. The van der Waals surface area contributed by atoms with Gasteiger partial charge in [0.15, 0.2) is 0 Å². The SMILES string of the molecule is FC(F)=[C](F)[Ge]([C](F)=C(F)F)([C](F)=C(F)F)[C](F)=C(F)F. The van der Waals surface area contributed by atoms with Gasteiger partial charge in [-0.3, -0.25) is 0 Å². The van der Waals surface area contributed by atoms with Crippen molar-refractivity contribution in [1.82, 2.24) is 0 Å². The van der Waals surface area contributed by atoms with Crippen LogP contribution in [0, 0.1) is 0 Å². The average Bonchev–Trinajstić information content (AvgIpc) is 2.37. The van der Waals surface area contributed by atoms with Gasteiger partial charge >= 0.3 is 109 Å². The molecule has 0 bridgehead atoms. The molecular formula is C8F12Ge. The van der Waals surface area contributed by atoms with Crippen LogP contribution in [0.3, 0.4) is 0 Å². The van der Waals surface area contributed by atoms with Gasteiger partial charge in [-0.1, -0.05) is 0 Å². The summed E-state index contributed by atoms with van der Waals surface area (Å²) in [5, 5.41) is 0. The molecule has 0 aliphatic rings. The summed E-state index contributed by atoms with van der Waals surface area (Å²) in [5.74, 6) is 0. The van der Waals surface area contributed by atoms with Crippen LogP contribution < -0.4 is 0 Å². The molecule has 0 aliphatic carbocycles. The van der Waals surface area contributed by atoms with Crippen molar-refractivity contribution in [3.8, 4) is 0 Å². The maximum atomic E-state index is 13.1. The van der Waals surface area contributed by atoms with Gasteiger partial charge in [0.05, 0.1) is 0 Å². The molecule has 0 unspecified atom stereocenters. The van der Waals surface area contributed by atoms with Crippen molar-refractivity contribution in [2.45, 2.75) is 0 Å². The first kappa shape index (κ1) is 19.7. The molecule has 13 heteroatoms. The van der Waals surface area contributed by atoms with Gasteiger partial charge < -0.3 is 0 Å². The van der Waals surface area contributed by atoms with Crippen LogP contribution in [0.1, 0.15) is 0 Å². The standard InChI is InChI=1S/C8F12Ge/c9-1(10)5(17)21(6(18)2(11)12,7(19)3(13)14)8(20)4(15)16. The second-order valence-corrected chi connectivity index (χ2v) is 9.88. The molecule has 0 heterocycles. The third kappa shape index (κ3) is 3.47. The Kier molecular flexibility index (Phi) is 6.64. The fourth-order valence-electron chi connectivity index (χ4n) is 1.15. The number of rotatable bonds is 4. The van der Waals surface area contributed by atoms with E-state index in [1.807, 2.05) is 0 Å². The Morgan fingerprint density at radius 3 is 0.571 bits per heavy atom. The van der Waals surface area contributed by atoms with Crippen molar-refractivity contribution in [3.63, 3.8) is 0 Å². The average molecular weight is 397 g/mol. The fraction of sp³-hybridized carbons (Fsp3) is 0. The van der Waals surface area contributed by atoms with Crippen molar-refractivity contribution < 1.29 is 52.7 Å². The molecule has 0 saturated carbocycles. The van der Waals surface area contributed by atoms with E-state index in [1.54, 1.807) is 0 Å². The van der Waals surface area contributed by atoms with Crippen molar-refractivity contribution in [3.05, 3.63) is 43.0 Å². The van der Waals surface area contributed by atoms with E-state index in [2.05, 4.69) is 0 Å². The molecule has 0 spiro atoms. The van der Waals surface area contributed by atoms with Gasteiger partial charge in [0, 0.05) is 0 Å². The molecule has 0 radical (unpaired) electrons. The quantitative estimate of drug-likeness (QED) is 0.410. The molecule has 0 fully saturated rings. The molecule has 21 heavy (non-hydrogen) atoms. The minimum absolute atomic E-state index is 3.74. The first-order valence-corrected chi connectivity index (χ1v) is 8.46. The fourth-order valence-corrected chi connectivity index (χ4v) is 5.95. The predicted molar refractivity (Wildman–Crippen MR) is 47.2 cm³/mol. The summed E-state index contributed by atoms with van der Waals surface area (Å²) in [4.78, 5) is 0. The number of hydrogen-bond donors (Lipinski definition) is 0. The van der Waals surface area contributed by atoms with E-state index in [9.17, 15) is 52.7 Å². The van der Waals surface area contributed by atoms with E-state index in [4.69, 9.17) is 0 Å². The summed E-state index contributed by atoms with van der Waals surface area (Å²) in [5.41, 5.74) is 0. The number of halogens is 12. The second kappa shape index (κ2) is 7.09. The number of hydrogen-bond acceptors (Lipinski definition) is 0. The minimum atomic E-state index is -8.27. The third-order valence-electron chi connectivity index (χ3n) is 1.98. The Morgan fingerprint density at radius 1 is 0.333 bits per heavy atom. The van der Waals surface area contributed by atoms with Crippen LogP contribution in [0.15, 0.2) is 43.0 Å². The van der Waals surface area contributed by atoms with Gasteiger partial charge in [0.1, 0.15) is 0 Å². The Hall–Kier alpha value is -1.34. The summed E-state index contributed by atoms with van der Waals surface area (Å²) < 4.78 is 134. The summed E-state index contributed by atoms with van der Waals surface area (Å²) in [7, 11) is 0. The van der Waals surface area contributed by atoms with Gasteiger partial charge in [-0.2, -0.15) is 0 Å². The molecule has 0 aliphatic heterocycles. The normalized spacial score (nSPS) is 10.9. The van der Waals surface area contributed by atoms with E-state index in [0.717, 1.165) is 0 Å². The van der Waals surface area contributed by atoms with Crippen LogP contribution in [-0.2, 0) is 0 Å². The maximum absolute atomic E-state index is 13.1. The van der Waals surface area contributed by atoms with Crippen molar-refractivity contribution in [1.29, 1.82) is 0 Å². The molecular weight excluding hydrogens is 397 g/mol. The Labute approximate surface area is 110 Å². The van der Waals surface area contributed by atoms with E-state index in [0.29, 0.717) is 0 Å². The summed E-state index contributed by atoms with van der Waals surface area (Å²) in [6.45, 7) is 0. The van der Waals surface area contributed by atoms with Gasteiger partial charge in [-0.05, 0) is 0 Å². The van der Waals surface area contributed by atoms with Gasteiger partial charge in [0.2, 0.25) is 0 Å². The Morgan fingerprint density at radius 2 is 0.476 bits per heavy atom. The van der Waals surface area contributed by atoms with Gasteiger partial charge in [-0.15, -0.1) is 0 Å². The predicted octanol–water partition coefficient (Wildman–Crippen LogP) is 5.90. The van der Waals surface area contributed by atoms with Crippen LogP contribution >= 0.6 is 0 Å². The van der Waals surface area contributed by atoms with Gasteiger partial charge in [0.25, 0.3) is 0 Å². The molecule has 0 saturated heterocycles. The van der Waals surface area contributed by atoms with Crippen LogP contribution in [0.25, 0.3) is 0 Å². The van der Waals surface area contributed by atoms with Crippen molar-refractivity contribution in [2.75, 3.05) is 0 Å². The summed E-state index contributed by atoms with van der Waals surface area (Å²) >= 11 is -8.27. The zero-order chi connectivity index (χ0) is 17.1. The molecule has 0 aromatic heterocycles. The van der Waals surface area contributed by atoms with Crippen molar-refractivity contribution >= 4 is 13.3 Å². The monoisotopic (exact) mass is 398 g/mol. The first-order chi connectivity index (χ1) is 9.42. The molecule has 0 aromatic carbocycles. The zero-order valence-electron chi connectivity index (χ0n) is 9.04. The molecule has 0 N–H and O–H groups in total. The molecule has 0 nitrogen and oxygen atoms in total. The zero-order valence-corrected chi connectivity index (χ0v) is 11.1. The Balaban J connectivity index is 7.21. The summed E-state index contributed by atoms with van der Waals surface area (Å²) in [6.07, 6.45) is -15.6. The first-order valence-electron chi connectivity index (χ1n) is 4.27. The van der Waals surface area contributed by atoms with Crippen LogP contribution in [0.4, 0.5) is 52.7 Å². The topological polar surface area (TPSA) is 0 Å². The van der Waals surface area contributed by atoms with E-state index < -0.39 is 56.2 Å². The van der Waals surface area contributed by atoms with Crippen LogP contribution in [0.2, 0.25) is 0 Å². The molecule has 120 valence electrons. The molecule has 0 atom stereocenters. The third-order valence-corrected chi connectivity index (χ3v) is 9.09. The van der Waals surface area contributed by atoms with E-state index >= 15 is 0 Å². The van der Waals surface area contributed by atoms with E-state index in [1.165, 1.54) is 0 Å². The summed E-state index contributed by atoms with van der Waals surface area (Å²) in [6, 6.07) is 0. The Bertz CT molecular complexity index is 438. The second-order valence-electron chi connectivity index (χ2n) is 3.05. The van der Waals surface area contributed by atoms with Gasteiger partial charge in [-0.25, -0.2) is 0 Å². The van der Waals surface area contributed by atoms with Crippen LogP contribution in [-0.4, -0.2) is 13.3 Å².